The number of hydrogen-bond donors (Lipinski definition) is 2. The zero-order valence-electron chi connectivity index (χ0n) is 10.7. The van der Waals surface area contributed by atoms with Crippen molar-refractivity contribution in [3.05, 3.63) is 0 Å². The van der Waals surface area contributed by atoms with E-state index in [0.29, 0.717) is 19.4 Å². The summed E-state index contributed by atoms with van der Waals surface area (Å²) in [6.45, 7) is 0.634. The molecule has 0 aromatic heterocycles. The van der Waals surface area contributed by atoms with E-state index in [1.807, 2.05) is 0 Å². The van der Waals surface area contributed by atoms with Crippen molar-refractivity contribution in [1.82, 2.24) is 5.32 Å². The molecule has 0 aliphatic heterocycles. The third kappa shape index (κ3) is 4.79. The van der Waals surface area contributed by atoms with E-state index in [1.165, 1.54) is 0 Å². The van der Waals surface area contributed by atoms with Gasteiger partial charge in [0, 0.05) is 18.9 Å². The summed E-state index contributed by atoms with van der Waals surface area (Å²) < 4.78 is 0. The molecule has 0 saturated heterocycles. The molecule has 4 heteroatoms. The number of nitrogens with one attached hydrogen (secondary N) is 1. The molecule has 0 heterocycles. The maximum atomic E-state index is 11.9. The van der Waals surface area contributed by atoms with Crippen LogP contribution >= 0.6 is 0 Å². The zero-order valence-corrected chi connectivity index (χ0v) is 10.7. The zero-order chi connectivity index (χ0) is 13.4. The fourth-order valence-electron chi connectivity index (χ4n) is 2.36. The molecule has 100 valence electrons. The lowest BCUT2D eigenvalue weighted by Gasteiger charge is -2.25. The maximum Gasteiger partial charge on any atom is 0.306 e. The molecule has 1 aliphatic rings. The van der Waals surface area contributed by atoms with Gasteiger partial charge in [0.15, 0.2) is 0 Å². The molecule has 2 atom stereocenters. The number of carbonyl (C=O) groups is 2. The average Bonchev–Trinajstić information content (AvgIpc) is 2.38. The molecular formula is C14H21NO3. The predicted molar refractivity (Wildman–Crippen MR) is 68.8 cm³/mol. The molecule has 0 bridgehead atoms. The van der Waals surface area contributed by atoms with Crippen LogP contribution in [0.15, 0.2) is 0 Å². The first-order chi connectivity index (χ1) is 8.65. The number of hydrogen-bond acceptors (Lipinski definition) is 2. The van der Waals surface area contributed by atoms with Gasteiger partial charge in [-0.3, -0.25) is 9.59 Å². The molecule has 2 unspecified atom stereocenters. The Morgan fingerprint density at radius 3 is 2.67 bits per heavy atom. The smallest absolute Gasteiger partial charge is 0.306 e. The van der Waals surface area contributed by atoms with Crippen LogP contribution in [0.2, 0.25) is 0 Å². The van der Waals surface area contributed by atoms with E-state index < -0.39 is 5.97 Å². The Labute approximate surface area is 108 Å². The van der Waals surface area contributed by atoms with Crippen LogP contribution < -0.4 is 5.32 Å². The van der Waals surface area contributed by atoms with Gasteiger partial charge in [-0.15, -0.1) is 12.3 Å². The standard InChI is InChI=1S/C14H21NO3/c1-2-3-4-5-9-15-13(16)11-7-6-8-12(10-11)14(17)18/h1,11-12H,3-10H2,(H,15,16)(H,17,18). The van der Waals surface area contributed by atoms with Crippen LogP contribution in [0.1, 0.15) is 44.9 Å². The van der Waals surface area contributed by atoms with Crippen LogP contribution in [0, 0.1) is 24.2 Å². The first kappa shape index (κ1) is 14.6. The SMILES string of the molecule is C#CCCCCNC(=O)C1CCCC(C(=O)O)C1. The van der Waals surface area contributed by atoms with Crippen molar-refractivity contribution in [3.8, 4) is 12.3 Å². The van der Waals surface area contributed by atoms with Gasteiger partial charge in [-0.25, -0.2) is 0 Å². The molecule has 1 fully saturated rings. The normalized spacial score (nSPS) is 23.1. The Morgan fingerprint density at radius 1 is 1.28 bits per heavy atom. The van der Waals surface area contributed by atoms with E-state index in [9.17, 15) is 9.59 Å². The molecular weight excluding hydrogens is 230 g/mol. The highest BCUT2D eigenvalue weighted by molar-refractivity contribution is 5.80. The van der Waals surface area contributed by atoms with Gasteiger partial charge in [0.1, 0.15) is 0 Å². The Morgan fingerprint density at radius 2 is 2.00 bits per heavy atom. The van der Waals surface area contributed by atoms with Crippen LogP contribution in [0.25, 0.3) is 0 Å². The Bertz CT molecular complexity index is 332. The molecule has 1 rings (SSSR count). The second kappa shape index (κ2) is 7.75. The van der Waals surface area contributed by atoms with E-state index in [4.69, 9.17) is 11.5 Å². The number of carbonyl (C=O) groups excluding carboxylic acids is 1. The molecule has 18 heavy (non-hydrogen) atoms. The van der Waals surface area contributed by atoms with Gasteiger partial charge < -0.3 is 10.4 Å². The number of carboxylic acid groups (broad SMARTS) is 1. The summed E-state index contributed by atoms with van der Waals surface area (Å²) in [5, 5.41) is 11.8. The van der Waals surface area contributed by atoms with Crippen LogP contribution in [-0.4, -0.2) is 23.5 Å². The second-order valence-corrected chi connectivity index (χ2v) is 4.85. The topological polar surface area (TPSA) is 66.4 Å². The van der Waals surface area contributed by atoms with Gasteiger partial charge in [0.05, 0.1) is 5.92 Å². The summed E-state index contributed by atoms with van der Waals surface area (Å²) in [5.41, 5.74) is 0. The van der Waals surface area contributed by atoms with Gasteiger partial charge in [-0.1, -0.05) is 6.42 Å². The highest BCUT2D eigenvalue weighted by Gasteiger charge is 2.30. The van der Waals surface area contributed by atoms with Gasteiger partial charge in [0.25, 0.3) is 0 Å². The van der Waals surface area contributed by atoms with Crippen molar-refractivity contribution in [2.45, 2.75) is 44.9 Å². The minimum absolute atomic E-state index is 0.00153. The molecule has 1 aliphatic carbocycles. The van der Waals surface area contributed by atoms with E-state index >= 15 is 0 Å². The quantitative estimate of drug-likeness (QED) is 0.559. The van der Waals surface area contributed by atoms with Crippen molar-refractivity contribution in [3.63, 3.8) is 0 Å². The minimum Gasteiger partial charge on any atom is -0.481 e. The monoisotopic (exact) mass is 251 g/mol. The number of unbranched alkanes of at least 4 members (excludes halogenated alkanes) is 2. The lowest BCUT2D eigenvalue weighted by atomic mass is 9.81. The van der Waals surface area contributed by atoms with Gasteiger partial charge in [-0.2, -0.15) is 0 Å². The van der Waals surface area contributed by atoms with Crippen molar-refractivity contribution in [2.75, 3.05) is 6.54 Å². The Hall–Kier alpha value is -1.50. The van der Waals surface area contributed by atoms with Crippen LogP contribution in [0.4, 0.5) is 0 Å². The van der Waals surface area contributed by atoms with E-state index in [2.05, 4.69) is 11.2 Å². The molecule has 0 aromatic rings. The predicted octanol–water partition coefficient (Wildman–Crippen LogP) is 1.80. The van der Waals surface area contributed by atoms with E-state index in [1.54, 1.807) is 0 Å². The number of terminal acetylenes is 1. The highest BCUT2D eigenvalue weighted by atomic mass is 16.4. The maximum absolute atomic E-state index is 11.9. The molecule has 1 amide bonds. The number of rotatable bonds is 6. The lowest BCUT2D eigenvalue weighted by Crippen LogP contribution is -2.35. The fourth-order valence-corrected chi connectivity index (χ4v) is 2.36. The lowest BCUT2D eigenvalue weighted by molar-refractivity contribution is -0.144. The molecule has 0 radical (unpaired) electrons. The van der Waals surface area contributed by atoms with Crippen LogP contribution in [0.5, 0.6) is 0 Å². The largest absolute Gasteiger partial charge is 0.481 e. The third-order valence-electron chi connectivity index (χ3n) is 3.44. The van der Waals surface area contributed by atoms with Gasteiger partial charge in [0.2, 0.25) is 5.91 Å². The van der Waals surface area contributed by atoms with Crippen LogP contribution in [-0.2, 0) is 9.59 Å². The summed E-state index contributed by atoms with van der Waals surface area (Å²) in [7, 11) is 0. The van der Waals surface area contributed by atoms with Crippen molar-refractivity contribution in [2.24, 2.45) is 11.8 Å². The molecule has 4 nitrogen and oxygen atoms in total. The first-order valence-corrected chi connectivity index (χ1v) is 6.59. The molecule has 1 saturated carbocycles. The van der Waals surface area contributed by atoms with Gasteiger partial charge >= 0.3 is 5.97 Å². The molecule has 0 spiro atoms. The minimum atomic E-state index is -0.776. The number of amides is 1. The van der Waals surface area contributed by atoms with Crippen molar-refractivity contribution in [1.29, 1.82) is 0 Å². The van der Waals surface area contributed by atoms with Crippen molar-refractivity contribution >= 4 is 11.9 Å². The Balaban J connectivity index is 2.24. The van der Waals surface area contributed by atoms with E-state index in [0.717, 1.165) is 32.1 Å². The summed E-state index contributed by atoms with van der Waals surface area (Å²) in [5.74, 6) is 1.30. The molecule has 0 aromatic carbocycles. The van der Waals surface area contributed by atoms with E-state index in [-0.39, 0.29) is 17.7 Å². The van der Waals surface area contributed by atoms with Crippen molar-refractivity contribution < 1.29 is 14.7 Å². The third-order valence-corrected chi connectivity index (χ3v) is 3.44. The first-order valence-electron chi connectivity index (χ1n) is 6.59. The molecule has 2 N–H and O–H groups in total. The summed E-state index contributed by atoms with van der Waals surface area (Å²) in [6.07, 6.45) is 10.5. The fraction of sp³-hybridized carbons (Fsp3) is 0.714. The highest BCUT2D eigenvalue weighted by Crippen LogP contribution is 2.29. The Kier molecular flexibility index (Phi) is 6.27. The second-order valence-electron chi connectivity index (χ2n) is 4.85. The summed E-state index contributed by atoms with van der Waals surface area (Å²) in [6, 6.07) is 0. The average molecular weight is 251 g/mol. The van der Waals surface area contributed by atoms with Crippen LogP contribution in [0.3, 0.4) is 0 Å². The summed E-state index contributed by atoms with van der Waals surface area (Å²) >= 11 is 0. The number of aliphatic carboxylic acids is 1. The summed E-state index contributed by atoms with van der Waals surface area (Å²) in [4.78, 5) is 22.8. The van der Waals surface area contributed by atoms with Gasteiger partial charge in [-0.05, 0) is 32.1 Å². The number of carboxylic acids is 1.